The number of sulfonamides is 1. The van der Waals surface area contributed by atoms with Gasteiger partial charge in [-0.1, -0.05) is 26.0 Å². The van der Waals surface area contributed by atoms with Crippen molar-refractivity contribution < 1.29 is 18.3 Å². The summed E-state index contributed by atoms with van der Waals surface area (Å²) in [5.41, 5.74) is 0.287. The van der Waals surface area contributed by atoms with Gasteiger partial charge in [0.15, 0.2) is 0 Å². The number of aliphatic carboxylic acids is 1. The lowest BCUT2D eigenvalue weighted by Crippen LogP contribution is -2.32. The summed E-state index contributed by atoms with van der Waals surface area (Å²) in [5.74, 6) is -0.827. The highest BCUT2D eigenvalue weighted by molar-refractivity contribution is 7.89. The predicted octanol–water partition coefficient (Wildman–Crippen LogP) is 1.51. The zero-order valence-corrected chi connectivity index (χ0v) is 12.6. The molecule has 0 fully saturated rings. The molecule has 0 aliphatic carbocycles. The third kappa shape index (κ3) is 4.21. The summed E-state index contributed by atoms with van der Waals surface area (Å²) >= 11 is 0. The molecule has 0 saturated carbocycles. The molecule has 0 amide bonds. The molecule has 1 atom stereocenters. The Hall–Kier alpha value is -1.60. The van der Waals surface area contributed by atoms with Crippen molar-refractivity contribution in [3.63, 3.8) is 0 Å². The molecule has 1 aromatic rings. The number of anilines is 1. The van der Waals surface area contributed by atoms with E-state index in [2.05, 4.69) is 10.0 Å². The Morgan fingerprint density at radius 2 is 1.90 bits per heavy atom. The Balaban J connectivity index is 3.11. The van der Waals surface area contributed by atoms with Crippen LogP contribution in [0.2, 0.25) is 0 Å². The SMILES string of the molecule is CNS(=O)(=O)c1ccccc1NC(CC(C)C)C(=O)O. The van der Waals surface area contributed by atoms with Gasteiger partial charge in [0.2, 0.25) is 10.0 Å². The first-order valence-corrected chi connectivity index (χ1v) is 7.78. The van der Waals surface area contributed by atoms with Gasteiger partial charge in [0.05, 0.1) is 5.69 Å². The average molecular weight is 300 g/mol. The van der Waals surface area contributed by atoms with Crippen LogP contribution in [0.1, 0.15) is 20.3 Å². The molecule has 1 aromatic carbocycles. The van der Waals surface area contributed by atoms with Crippen molar-refractivity contribution in [2.75, 3.05) is 12.4 Å². The topological polar surface area (TPSA) is 95.5 Å². The molecule has 1 rings (SSSR count). The van der Waals surface area contributed by atoms with Crippen LogP contribution in [0.5, 0.6) is 0 Å². The summed E-state index contributed by atoms with van der Waals surface area (Å²) < 4.78 is 26.0. The van der Waals surface area contributed by atoms with Gasteiger partial charge >= 0.3 is 5.97 Å². The second kappa shape index (κ2) is 6.71. The molecule has 112 valence electrons. The minimum absolute atomic E-state index is 0.0394. The van der Waals surface area contributed by atoms with Crippen molar-refractivity contribution >= 4 is 21.7 Å². The van der Waals surface area contributed by atoms with E-state index < -0.39 is 22.0 Å². The van der Waals surface area contributed by atoms with Crippen LogP contribution in [0.25, 0.3) is 0 Å². The van der Waals surface area contributed by atoms with Crippen molar-refractivity contribution in [3.8, 4) is 0 Å². The van der Waals surface area contributed by atoms with Crippen molar-refractivity contribution in [3.05, 3.63) is 24.3 Å². The lowest BCUT2D eigenvalue weighted by molar-refractivity contribution is -0.138. The zero-order chi connectivity index (χ0) is 15.3. The van der Waals surface area contributed by atoms with E-state index in [9.17, 15) is 18.3 Å². The van der Waals surface area contributed by atoms with Crippen LogP contribution in [0.15, 0.2) is 29.2 Å². The van der Waals surface area contributed by atoms with Crippen LogP contribution in [0, 0.1) is 5.92 Å². The quantitative estimate of drug-likeness (QED) is 0.709. The molecule has 6 nitrogen and oxygen atoms in total. The Morgan fingerprint density at radius 3 is 2.40 bits per heavy atom. The molecule has 7 heteroatoms. The standard InChI is InChI=1S/C13H20N2O4S/c1-9(2)8-11(13(16)17)15-10-6-4-5-7-12(10)20(18,19)14-3/h4-7,9,11,14-15H,8H2,1-3H3,(H,16,17). The van der Waals surface area contributed by atoms with E-state index >= 15 is 0 Å². The summed E-state index contributed by atoms with van der Waals surface area (Å²) in [5, 5.41) is 12.0. The van der Waals surface area contributed by atoms with Crippen molar-refractivity contribution in [2.24, 2.45) is 5.92 Å². The lowest BCUT2D eigenvalue weighted by atomic mass is 10.0. The second-order valence-electron chi connectivity index (χ2n) is 4.87. The van der Waals surface area contributed by atoms with E-state index in [0.717, 1.165) is 0 Å². The number of carboxylic acids is 1. The molecular weight excluding hydrogens is 280 g/mol. The number of hydrogen-bond donors (Lipinski definition) is 3. The molecule has 0 heterocycles. The molecular formula is C13H20N2O4S. The number of nitrogens with one attached hydrogen (secondary N) is 2. The highest BCUT2D eigenvalue weighted by Crippen LogP contribution is 2.22. The van der Waals surface area contributed by atoms with Gasteiger partial charge in [-0.2, -0.15) is 0 Å². The van der Waals surface area contributed by atoms with Crippen LogP contribution in [0.4, 0.5) is 5.69 Å². The number of para-hydroxylation sites is 1. The smallest absolute Gasteiger partial charge is 0.326 e. The summed E-state index contributed by atoms with van der Waals surface area (Å²) in [6.45, 7) is 3.82. The van der Waals surface area contributed by atoms with Gasteiger partial charge in [-0.25, -0.2) is 17.9 Å². The van der Waals surface area contributed by atoms with Gasteiger partial charge in [-0.05, 0) is 31.5 Å². The third-order valence-corrected chi connectivity index (χ3v) is 4.25. The normalized spacial score (nSPS) is 13.2. The molecule has 0 bridgehead atoms. The molecule has 3 N–H and O–H groups in total. The summed E-state index contributed by atoms with van der Waals surface area (Å²) in [4.78, 5) is 11.3. The number of benzene rings is 1. The number of carbonyl (C=O) groups is 1. The Kier molecular flexibility index (Phi) is 5.52. The lowest BCUT2D eigenvalue weighted by Gasteiger charge is -2.19. The largest absolute Gasteiger partial charge is 0.480 e. The van der Waals surface area contributed by atoms with Crippen LogP contribution >= 0.6 is 0 Å². The Labute approximate surface area is 119 Å². The maximum Gasteiger partial charge on any atom is 0.326 e. The van der Waals surface area contributed by atoms with E-state index in [-0.39, 0.29) is 16.5 Å². The molecule has 0 aromatic heterocycles. The molecule has 20 heavy (non-hydrogen) atoms. The first-order valence-electron chi connectivity index (χ1n) is 6.30. The van der Waals surface area contributed by atoms with E-state index in [0.29, 0.717) is 6.42 Å². The van der Waals surface area contributed by atoms with Crippen molar-refractivity contribution in [1.29, 1.82) is 0 Å². The fourth-order valence-corrected chi connectivity index (χ4v) is 2.70. The van der Waals surface area contributed by atoms with Gasteiger partial charge in [-0.15, -0.1) is 0 Å². The number of rotatable bonds is 7. The highest BCUT2D eigenvalue weighted by atomic mass is 32.2. The van der Waals surface area contributed by atoms with Crippen LogP contribution in [0.3, 0.4) is 0 Å². The molecule has 0 saturated heterocycles. The number of hydrogen-bond acceptors (Lipinski definition) is 4. The second-order valence-corrected chi connectivity index (χ2v) is 6.72. The van der Waals surface area contributed by atoms with Crippen LogP contribution < -0.4 is 10.0 Å². The predicted molar refractivity (Wildman–Crippen MR) is 77.2 cm³/mol. The molecule has 0 aliphatic rings. The summed E-state index contributed by atoms with van der Waals surface area (Å²) in [6.07, 6.45) is 0.406. The molecule has 0 spiro atoms. The zero-order valence-electron chi connectivity index (χ0n) is 11.8. The monoisotopic (exact) mass is 300 g/mol. The minimum atomic E-state index is -3.63. The highest BCUT2D eigenvalue weighted by Gasteiger charge is 2.22. The summed E-state index contributed by atoms with van der Waals surface area (Å²) in [7, 11) is -2.32. The van der Waals surface area contributed by atoms with Gasteiger partial charge in [0.25, 0.3) is 0 Å². The van der Waals surface area contributed by atoms with E-state index in [1.54, 1.807) is 18.2 Å². The van der Waals surface area contributed by atoms with E-state index in [4.69, 9.17) is 0 Å². The first-order chi connectivity index (χ1) is 9.27. The van der Waals surface area contributed by atoms with Gasteiger partial charge < -0.3 is 10.4 Å². The fourth-order valence-electron chi connectivity index (χ4n) is 1.81. The molecule has 0 aliphatic heterocycles. The van der Waals surface area contributed by atoms with E-state index in [1.165, 1.54) is 13.1 Å². The van der Waals surface area contributed by atoms with Crippen LogP contribution in [-0.2, 0) is 14.8 Å². The van der Waals surface area contributed by atoms with E-state index in [1.807, 2.05) is 13.8 Å². The first kappa shape index (κ1) is 16.5. The van der Waals surface area contributed by atoms with Crippen LogP contribution in [-0.4, -0.2) is 32.6 Å². The molecule has 0 radical (unpaired) electrons. The summed E-state index contributed by atoms with van der Waals surface area (Å²) in [6, 6.07) is 5.41. The Bertz CT molecular complexity index is 569. The third-order valence-electron chi connectivity index (χ3n) is 2.78. The maximum absolute atomic E-state index is 11.9. The van der Waals surface area contributed by atoms with Gasteiger partial charge in [0.1, 0.15) is 10.9 Å². The Morgan fingerprint density at radius 1 is 1.30 bits per heavy atom. The minimum Gasteiger partial charge on any atom is -0.480 e. The van der Waals surface area contributed by atoms with Gasteiger partial charge in [0, 0.05) is 0 Å². The van der Waals surface area contributed by atoms with Crippen molar-refractivity contribution in [2.45, 2.75) is 31.2 Å². The number of carboxylic acid groups (broad SMARTS) is 1. The van der Waals surface area contributed by atoms with Gasteiger partial charge in [-0.3, -0.25) is 0 Å². The maximum atomic E-state index is 11.9. The fraction of sp³-hybridized carbons (Fsp3) is 0.462. The van der Waals surface area contributed by atoms with Crippen molar-refractivity contribution in [1.82, 2.24) is 4.72 Å². The average Bonchev–Trinajstić information content (AvgIpc) is 2.37. The molecule has 1 unspecified atom stereocenters.